The average Bonchev–Trinajstić information content (AvgIpc) is 2.91. The number of ether oxygens (including phenoxy) is 4. The van der Waals surface area contributed by atoms with Crippen molar-refractivity contribution in [1.82, 2.24) is 0 Å². The van der Waals surface area contributed by atoms with Crippen LogP contribution in [0, 0.1) is 22.7 Å². The Labute approximate surface area is 300 Å². The molecule has 0 aromatic carbocycles. The minimum atomic E-state index is -6.60. The van der Waals surface area contributed by atoms with Crippen LogP contribution < -0.4 is 0 Å². The quantitative estimate of drug-likeness (QED) is 0.141. The highest BCUT2D eigenvalue weighted by molar-refractivity contribution is 5.88. The number of alkyl halides is 12. The maximum Gasteiger partial charge on any atom is 0.437 e. The summed E-state index contributed by atoms with van der Waals surface area (Å²) in [5.41, 5.74) is -23.1. The van der Waals surface area contributed by atoms with Gasteiger partial charge in [0.15, 0.2) is 0 Å². The summed E-state index contributed by atoms with van der Waals surface area (Å²) in [6, 6.07) is 0. The van der Waals surface area contributed by atoms with Crippen molar-refractivity contribution >= 4 is 23.9 Å². The first-order chi connectivity index (χ1) is 23.6. The van der Waals surface area contributed by atoms with Gasteiger partial charge in [0.25, 0.3) is 0 Å². The van der Waals surface area contributed by atoms with Gasteiger partial charge in [-0.05, 0) is 106 Å². The van der Waals surface area contributed by atoms with Crippen molar-refractivity contribution in [3.63, 3.8) is 0 Å². The highest BCUT2D eigenvalue weighted by Crippen LogP contribution is 2.71. The second-order valence-electron chi connectivity index (χ2n) is 16.5. The molecule has 0 aromatic rings. The Hall–Kier alpha value is -3.04. The van der Waals surface area contributed by atoms with E-state index in [2.05, 4.69) is 9.47 Å². The average molecular weight is 813 g/mol. The third kappa shape index (κ3) is 7.21. The summed E-state index contributed by atoms with van der Waals surface area (Å²) in [6.07, 6.45) is -24.4. The first kappa shape index (κ1) is 45.4. The highest BCUT2D eigenvalue weighted by Gasteiger charge is 2.79. The van der Waals surface area contributed by atoms with Gasteiger partial charge in [-0.3, -0.25) is 0 Å². The molecule has 0 radical (unpaired) electrons. The van der Waals surface area contributed by atoms with Gasteiger partial charge in [-0.15, -0.1) is 0 Å². The van der Waals surface area contributed by atoms with Crippen molar-refractivity contribution in [3.05, 3.63) is 0 Å². The molecule has 0 saturated heterocycles. The van der Waals surface area contributed by atoms with Gasteiger partial charge in [0, 0.05) is 10.8 Å². The minimum absolute atomic E-state index is 0.0395. The summed E-state index contributed by atoms with van der Waals surface area (Å²) >= 11 is 0. The number of hydrogen-bond acceptors (Lipinski definition) is 10. The van der Waals surface area contributed by atoms with Crippen LogP contribution in [0.1, 0.15) is 93.9 Å². The summed E-state index contributed by atoms with van der Waals surface area (Å²) in [6.45, 7) is 8.09. The van der Waals surface area contributed by atoms with Gasteiger partial charge in [0.05, 0.1) is 0 Å². The van der Waals surface area contributed by atoms with Crippen LogP contribution in [-0.4, -0.2) is 92.4 Å². The molecule has 0 unspecified atom stereocenters. The lowest BCUT2D eigenvalue weighted by atomic mass is 9.38. The molecule has 0 amide bonds. The molecule has 4 aliphatic carbocycles. The lowest BCUT2D eigenvalue weighted by Crippen LogP contribution is -2.67. The summed E-state index contributed by atoms with van der Waals surface area (Å²) < 4.78 is 179. The van der Waals surface area contributed by atoms with E-state index >= 15 is 0 Å². The first-order valence-corrected chi connectivity index (χ1v) is 16.2. The predicted molar refractivity (Wildman–Crippen MR) is 154 cm³/mol. The number of halogens is 12. The largest absolute Gasteiger partial charge is 0.456 e. The SMILES string of the molecule is CC(C)(OC(=O)C(O)(C(F)(F)F)C(F)(F)F)C(=O)OC(C)(C)C12CC3CC(C1)CC(C(C)(C)OC(=O)C(C)(C)OC(=O)C(O)(C(F)(F)F)C(F)(F)F)(C3)C2. The molecular formula is C32H40F12O10. The molecule has 4 rings (SSSR count). The van der Waals surface area contributed by atoms with Gasteiger partial charge < -0.3 is 29.2 Å². The Kier molecular flexibility index (Phi) is 10.7. The fourth-order valence-electron chi connectivity index (χ4n) is 8.08. The molecular weight excluding hydrogens is 772 g/mol. The summed E-state index contributed by atoms with van der Waals surface area (Å²) in [4.78, 5) is 51.0. The Balaban J connectivity index is 1.89. The molecule has 22 heteroatoms. The predicted octanol–water partition coefficient (Wildman–Crippen LogP) is 6.57. The van der Waals surface area contributed by atoms with E-state index < -0.39 is 93.0 Å². The molecule has 10 nitrogen and oxygen atoms in total. The second-order valence-corrected chi connectivity index (χ2v) is 16.5. The molecule has 0 atom stereocenters. The molecule has 4 bridgehead atoms. The van der Waals surface area contributed by atoms with Crippen LogP contribution in [0.3, 0.4) is 0 Å². The number of rotatable bonds is 10. The fourth-order valence-corrected chi connectivity index (χ4v) is 8.08. The van der Waals surface area contributed by atoms with Crippen molar-refractivity contribution in [2.24, 2.45) is 22.7 Å². The standard InChI is InChI=1S/C32H40F12O10/c1-21(2,51-19(47)27(49,29(33,34)35)30(36,37)38)17(45)53-23(5,6)25-10-15-9-16(11-25)13-26(12-15,14-25)24(7,8)54-18(46)22(3,4)52-20(48)28(50,31(39,40)41)32(42,43)44/h15-16,49-50H,9-14H2,1-8H3. The molecule has 0 aromatic heterocycles. The number of carbonyl (C=O) groups is 4. The molecule has 2 N–H and O–H groups in total. The summed E-state index contributed by atoms with van der Waals surface area (Å²) in [5, 5.41) is 18.8. The smallest absolute Gasteiger partial charge is 0.437 e. The van der Waals surface area contributed by atoms with E-state index in [9.17, 15) is 82.1 Å². The molecule has 4 saturated carbocycles. The van der Waals surface area contributed by atoms with E-state index in [1.165, 1.54) is 27.7 Å². The van der Waals surface area contributed by atoms with E-state index in [1.54, 1.807) is 0 Å². The van der Waals surface area contributed by atoms with Gasteiger partial charge >= 0.3 is 59.8 Å². The van der Waals surface area contributed by atoms with Crippen molar-refractivity contribution < 1.29 is 101 Å². The zero-order valence-corrected chi connectivity index (χ0v) is 30.1. The van der Waals surface area contributed by atoms with Crippen LogP contribution in [-0.2, 0) is 38.1 Å². The fraction of sp³-hybridized carbons (Fsp3) is 0.875. The van der Waals surface area contributed by atoms with Crippen molar-refractivity contribution in [2.75, 3.05) is 0 Å². The molecule has 4 fully saturated rings. The van der Waals surface area contributed by atoms with Gasteiger partial charge in [-0.1, -0.05) is 0 Å². The Morgan fingerprint density at radius 3 is 0.926 bits per heavy atom. The zero-order valence-electron chi connectivity index (χ0n) is 30.1. The van der Waals surface area contributed by atoms with Crippen LogP contribution >= 0.6 is 0 Å². The second kappa shape index (κ2) is 12.7. The monoisotopic (exact) mass is 812 g/mol. The highest BCUT2D eigenvalue weighted by atomic mass is 19.4. The minimum Gasteiger partial charge on any atom is -0.456 e. The maximum atomic E-state index is 13.3. The van der Waals surface area contributed by atoms with Crippen molar-refractivity contribution in [3.8, 4) is 0 Å². The Bertz CT molecular complexity index is 1370. The number of aliphatic hydroxyl groups is 2. The third-order valence-corrected chi connectivity index (χ3v) is 11.2. The zero-order chi connectivity index (χ0) is 42.5. The van der Waals surface area contributed by atoms with Gasteiger partial charge in [0.1, 0.15) is 11.2 Å². The van der Waals surface area contributed by atoms with E-state index in [0.717, 1.165) is 0 Å². The van der Waals surface area contributed by atoms with Crippen molar-refractivity contribution in [2.45, 2.75) is 152 Å². The summed E-state index contributed by atoms with van der Waals surface area (Å²) in [5.74, 6) is -10.0. The lowest BCUT2D eigenvalue weighted by Gasteiger charge is -2.68. The lowest BCUT2D eigenvalue weighted by molar-refractivity contribution is -0.359. The number of hydrogen-bond donors (Lipinski definition) is 2. The third-order valence-electron chi connectivity index (χ3n) is 11.2. The van der Waals surface area contributed by atoms with Crippen LogP contribution in [0.25, 0.3) is 0 Å². The first-order valence-electron chi connectivity index (χ1n) is 16.2. The van der Waals surface area contributed by atoms with E-state index in [-0.39, 0.29) is 18.3 Å². The van der Waals surface area contributed by atoms with Crippen LogP contribution in [0.5, 0.6) is 0 Å². The van der Waals surface area contributed by atoms with E-state index in [4.69, 9.17) is 9.47 Å². The van der Waals surface area contributed by atoms with Crippen molar-refractivity contribution in [1.29, 1.82) is 0 Å². The molecule has 4 aliphatic rings. The molecule has 312 valence electrons. The summed E-state index contributed by atoms with van der Waals surface area (Å²) in [7, 11) is 0. The molecule has 0 spiro atoms. The van der Waals surface area contributed by atoms with Crippen LogP contribution in [0.15, 0.2) is 0 Å². The maximum absolute atomic E-state index is 13.3. The van der Waals surface area contributed by atoms with Gasteiger partial charge in [-0.25, -0.2) is 19.2 Å². The van der Waals surface area contributed by atoms with Gasteiger partial charge in [-0.2, -0.15) is 52.7 Å². The number of carbonyl (C=O) groups excluding carboxylic acids is 4. The Morgan fingerprint density at radius 1 is 0.463 bits per heavy atom. The van der Waals surface area contributed by atoms with Crippen LogP contribution in [0.4, 0.5) is 52.7 Å². The molecule has 0 aliphatic heterocycles. The molecule has 54 heavy (non-hydrogen) atoms. The van der Waals surface area contributed by atoms with Crippen LogP contribution in [0.2, 0.25) is 0 Å². The Morgan fingerprint density at radius 2 is 0.704 bits per heavy atom. The number of esters is 4. The van der Waals surface area contributed by atoms with Gasteiger partial charge in [0.2, 0.25) is 11.2 Å². The topological polar surface area (TPSA) is 146 Å². The van der Waals surface area contributed by atoms with E-state index in [1.807, 2.05) is 0 Å². The molecule has 0 heterocycles. The normalized spacial score (nSPS) is 26.0. The van der Waals surface area contributed by atoms with E-state index in [0.29, 0.717) is 59.8 Å².